The van der Waals surface area contributed by atoms with E-state index in [0.29, 0.717) is 6.79 Å². The summed E-state index contributed by atoms with van der Waals surface area (Å²) >= 11 is 0. The summed E-state index contributed by atoms with van der Waals surface area (Å²) in [6, 6.07) is 0. The molecule has 0 unspecified atom stereocenters. The molecule has 0 N–H and O–H groups in total. The third kappa shape index (κ3) is 15.6. The molecule has 0 aliphatic heterocycles. The molecule has 0 atom stereocenters. The first-order chi connectivity index (χ1) is 10.3. The lowest BCUT2D eigenvalue weighted by Crippen LogP contribution is -2.18. The Hall–Kier alpha value is -0.580. The maximum absolute atomic E-state index is 5.77. The molecule has 0 aromatic carbocycles. The van der Waals surface area contributed by atoms with Gasteiger partial charge in [0.1, 0.15) is 0 Å². The molecular weight excluding hydrogens is 268 g/mol. The largest absolute Gasteiger partial charge is 0.475 e. The molecule has 0 aliphatic rings. The molecule has 4 nitrogen and oxygen atoms in total. The number of hydrogen-bond acceptors (Lipinski definition) is 4. The standard InChI is InChI=1S/C17H34O4/c1-4-7-14-20-17(21-15-8-5-2)11-9-10-13-19-16-18-12-6-3/h10,13,17H,4-9,11-12,14-16H2,1-3H3. The topological polar surface area (TPSA) is 36.9 Å². The van der Waals surface area contributed by atoms with Crippen LogP contribution in [0.4, 0.5) is 0 Å². The van der Waals surface area contributed by atoms with E-state index in [1.807, 2.05) is 6.08 Å². The summed E-state index contributed by atoms with van der Waals surface area (Å²) < 4.78 is 22.0. The maximum atomic E-state index is 5.77. The summed E-state index contributed by atoms with van der Waals surface area (Å²) in [4.78, 5) is 0. The zero-order valence-corrected chi connectivity index (χ0v) is 14.1. The van der Waals surface area contributed by atoms with Crippen LogP contribution < -0.4 is 0 Å². The molecule has 0 radical (unpaired) electrons. The summed E-state index contributed by atoms with van der Waals surface area (Å²) in [5.41, 5.74) is 0. The molecule has 0 aliphatic carbocycles. The van der Waals surface area contributed by atoms with Crippen molar-refractivity contribution in [3.63, 3.8) is 0 Å². The van der Waals surface area contributed by atoms with Gasteiger partial charge >= 0.3 is 0 Å². The zero-order chi connectivity index (χ0) is 15.6. The van der Waals surface area contributed by atoms with Crippen LogP contribution in [-0.4, -0.2) is 32.9 Å². The highest BCUT2D eigenvalue weighted by molar-refractivity contribution is 4.73. The lowest BCUT2D eigenvalue weighted by atomic mass is 10.3. The van der Waals surface area contributed by atoms with Crippen molar-refractivity contribution in [1.29, 1.82) is 0 Å². The van der Waals surface area contributed by atoms with Gasteiger partial charge in [0, 0.05) is 19.6 Å². The Kier molecular flexibility index (Phi) is 17.0. The van der Waals surface area contributed by atoms with E-state index in [2.05, 4.69) is 20.8 Å². The lowest BCUT2D eigenvalue weighted by Gasteiger charge is -2.17. The van der Waals surface area contributed by atoms with Gasteiger partial charge in [-0.15, -0.1) is 0 Å². The monoisotopic (exact) mass is 302 g/mol. The smallest absolute Gasteiger partial charge is 0.188 e. The van der Waals surface area contributed by atoms with Gasteiger partial charge in [-0.3, -0.25) is 0 Å². The summed E-state index contributed by atoms with van der Waals surface area (Å²) in [5.74, 6) is 0. The van der Waals surface area contributed by atoms with E-state index in [9.17, 15) is 0 Å². The molecule has 0 spiro atoms. The van der Waals surface area contributed by atoms with Crippen molar-refractivity contribution >= 4 is 0 Å². The Morgan fingerprint density at radius 1 is 0.857 bits per heavy atom. The molecule has 126 valence electrons. The van der Waals surface area contributed by atoms with E-state index < -0.39 is 0 Å². The molecule has 21 heavy (non-hydrogen) atoms. The first-order valence-electron chi connectivity index (χ1n) is 8.42. The molecule has 0 saturated heterocycles. The van der Waals surface area contributed by atoms with E-state index >= 15 is 0 Å². The first kappa shape index (κ1) is 20.4. The Morgan fingerprint density at radius 2 is 1.52 bits per heavy atom. The average Bonchev–Trinajstić information content (AvgIpc) is 2.49. The van der Waals surface area contributed by atoms with Crippen molar-refractivity contribution in [2.45, 2.75) is 72.0 Å². The Morgan fingerprint density at radius 3 is 2.10 bits per heavy atom. The Balaban J connectivity index is 3.69. The number of ether oxygens (including phenoxy) is 4. The molecule has 0 rings (SSSR count). The van der Waals surface area contributed by atoms with E-state index in [1.165, 1.54) is 0 Å². The molecular formula is C17H34O4. The van der Waals surface area contributed by atoms with Gasteiger partial charge < -0.3 is 18.9 Å². The molecule has 0 aromatic rings. The second kappa shape index (κ2) is 17.5. The van der Waals surface area contributed by atoms with Crippen LogP contribution in [0.1, 0.15) is 65.7 Å². The van der Waals surface area contributed by atoms with E-state index in [0.717, 1.165) is 64.8 Å². The number of allylic oxidation sites excluding steroid dienone is 1. The number of hydrogen-bond donors (Lipinski definition) is 0. The van der Waals surface area contributed by atoms with Crippen molar-refractivity contribution in [3.8, 4) is 0 Å². The summed E-state index contributed by atoms with van der Waals surface area (Å²) in [6.07, 6.45) is 10.8. The second-order valence-corrected chi connectivity index (χ2v) is 5.02. The molecule has 0 aromatic heterocycles. The summed E-state index contributed by atoms with van der Waals surface area (Å²) in [7, 11) is 0. The normalized spacial score (nSPS) is 11.6. The minimum Gasteiger partial charge on any atom is -0.475 e. The van der Waals surface area contributed by atoms with E-state index in [-0.39, 0.29) is 6.29 Å². The highest BCUT2D eigenvalue weighted by atomic mass is 16.7. The fourth-order valence-electron chi connectivity index (χ4n) is 1.59. The van der Waals surface area contributed by atoms with Gasteiger partial charge in [0.05, 0.1) is 12.9 Å². The van der Waals surface area contributed by atoms with Crippen LogP contribution >= 0.6 is 0 Å². The van der Waals surface area contributed by atoms with Gasteiger partial charge in [-0.25, -0.2) is 0 Å². The fraction of sp³-hybridized carbons (Fsp3) is 0.882. The third-order valence-electron chi connectivity index (χ3n) is 2.86. The quantitative estimate of drug-likeness (QED) is 0.236. The Labute approximate surface area is 130 Å². The van der Waals surface area contributed by atoms with Crippen molar-refractivity contribution < 1.29 is 18.9 Å². The van der Waals surface area contributed by atoms with Crippen LogP contribution in [0.5, 0.6) is 0 Å². The van der Waals surface area contributed by atoms with Crippen molar-refractivity contribution in [2.24, 2.45) is 0 Å². The van der Waals surface area contributed by atoms with E-state index in [4.69, 9.17) is 18.9 Å². The average molecular weight is 302 g/mol. The van der Waals surface area contributed by atoms with Crippen LogP contribution in [0.3, 0.4) is 0 Å². The number of unbranched alkanes of at least 4 members (excludes halogenated alkanes) is 2. The predicted molar refractivity (Wildman–Crippen MR) is 86.1 cm³/mol. The lowest BCUT2D eigenvalue weighted by molar-refractivity contribution is -0.146. The van der Waals surface area contributed by atoms with Crippen LogP contribution in [0.2, 0.25) is 0 Å². The van der Waals surface area contributed by atoms with Gasteiger partial charge in [0.15, 0.2) is 13.1 Å². The minimum atomic E-state index is -0.0934. The molecule has 0 saturated carbocycles. The van der Waals surface area contributed by atoms with Crippen LogP contribution in [0.15, 0.2) is 12.3 Å². The molecule has 0 bridgehead atoms. The minimum absolute atomic E-state index is 0.0934. The number of rotatable bonds is 16. The molecule has 0 heterocycles. The highest BCUT2D eigenvalue weighted by Gasteiger charge is 2.07. The first-order valence-corrected chi connectivity index (χ1v) is 8.42. The molecule has 0 amide bonds. The SMILES string of the molecule is CCCCOC(CCC=COCOCCC)OCCCC. The zero-order valence-electron chi connectivity index (χ0n) is 14.1. The molecule has 0 fully saturated rings. The maximum Gasteiger partial charge on any atom is 0.188 e. The van der Waals surface area contributed by atoms with Crippen molar-refractivity contribution in [1.82, 2.24) is 0 Å². The van der Waals surface area contributed by atoms with Crippen molar-refractivity contribution in [3.05, 3.63) is 12.3 Å². The van der Waals surface area contributed by atoms with Crippen molar-refractivity contribution in [2.75, 3.05) is 26.6 Å². The summed E-state index contributed by atoms with van der Waals surface area (Å²) in [6.45, 7) is 9.03. The van der Waals surface area contributed by atoms with Gasteiger partial charge in [-0.1, -0.05) is 33.6 Å². The third-order valence-corrected chi connectivity index (χ3v) is 2.86. The summed E-state index contributed by atoms with van der Waals surface area (Å²) in [5, 5.41) is 0. The van der Waals surface area contributed by atoms with Crippen LogP contribution in [0.25, 0.3) is 0 Å². The second-order valence-electron chi connectivity index (χ2n) is 5.02. The van der Waals surface area contributed by atoms with Gasteiger partial charge in [-0.05, 0) is 31.8 Å². The fourth-order valence-corrected chi connectivity index (χ4v) is 1.59. The van der Waals surface area contributed by atoms with Gasteiger partial charge in [0.2, 0.25) is 0 Å². The van der Waals surface area contributed by atoms with Gasteiger partial charge in [-0.2, -0.15) is 0 Å². The van der Waals surface area contributed by atoms with E-state index in [1.54, 1.807) is 6.26 Å². The van der Waals surface area contributed by atoms with Crippen LogP contribution in [0, 0.1) is 0 Å². The predicted octanol–water partition coefficient (Wildman–Crippen LogP) is 4.64. The highest BCUT2D eigenvalue weighted by Crippen LogP contribution is 2.08. The molecule has 4 heteroatoms. The van der Waals surface area contributed by atoms with Gasteiger partial charge in [0.25, 0.3) is 0 Å². The Bertz CT molecular complexity index is 209. The van der Waals surface area contributed by atoms with Crippen LogP contribution in [-0.2, 0) is 18.9 Å².